The molecule has 3 aliphatic rings. The number of aliphatic hydroxyl groups is 1. The van der Waals surface area contributed by atoms with Crippen molar-refractivity contribution in [3.63, 3.8) is 0 Å². The normalized spacial score (nSPS) is 24.9. The average molecular weight is 1470 g/mol. The Morgan fingerprint density at radius 3 is 1.00 bits per heavy atom. The minimum atomic E-state index is -1.42. The third-order valence-corrected chi connectivity index (χ3v) is 18.8. The maximum atomic E-state index is 13.8. The number of aliphatic hydroxyl groups excluding tert-OH is 1. The third-order valence-electron chi connectivity index (χ3n) is 18.8. The van der Waals surface area contributed by atoms with Gasteiger partial charge in [-0.15, -0.1) is 0 Å². The van der Waals surface area contributed by atoms with Gasteiger partial charge in [-0.25, -0.2) is 0 Å². The fourth-order valence-corrected chi connectivity index (χ4v) is 13.3. The van der Waals surface area contributed by atoms with Gasteiger partial charge in [0.05, 0.1) is 98.0 Å². The number of allylic oxidation sites excluding steroid dienone is 1. The van der Waals surface area contributed by atoms with Crippen LogP contribution in [0.1, 0.15) is 63.9 Å². The molecule has 0 saturated carbocycles. The van der Waals surface area contributed by atoms with Crippen LogP contribution in [0.2, 0.25) is 0 Å². The van der Waals surface area contributed by atoms with Crippen molar-refractivity contribution in [3.05, 3.63) is 335 Å². The second-order valence-electron chi connectivity index (χ2n) is 27.0. The van der Waals surface area contributed by atoms with Gasteiger partial charge in [0.2, 0.25) is 0 Å². The van der Waals surface area contributed by atoms with E-state index in [0.717, 1.165) is 50.1 Å². The van der Waals surface area contributed by atoms with E-state index in [1.54, 1.807) is 0 Å². The minimum absolute atomic E-state index is 0.0196. The van der Waals surface area contributed by atoms with E-state index in [9.17, 15) is 9.90 Å². The van der Waals surface area contributed by atoms with Gasteiger partial charge >= 0.3 is 5.97 Å². The van der Waals surface area contributed by atoms with Crippen LogP contribution in [0.5, 0.6) is 0 Å². The highest BCUT2D eigenvalue weighted by Crippen LogP contribution is 2.39. The molecule has 9 aromatic carbocycles. The van der Waals surface area contributed by atoms with Crippen molar-refractivity contribution in [1.82, 2.24) is 0 Å². The number of carbonyl (C=O) groups is 1. The van der Waals surface area contributed by atoms with E-state index in [0.29, 0.717) is 0 Å². The monoisotopic (exact) mass is 1470 g/mol. The van der Waals surface area contributed by atoms with Crippen molar-refractivity contribution < 1.29 is 85.7 Å². The van der Waals surface area contributed by atoms with E-state index in [-0.39, 0.29) is 85.9 Å². The molecule has 9 aromatic rings. The van der Waals surface area contributed by atoms with E-state index < -0.39 is 110 Å². The first-order valence-electron chi connectivity index (χ1n) is 37.1. The van der Waals surface area contributed by atoms with Crippen LogP contribution < -0.4 is 5.73 Å². The number of benzene rings is 9. The Morgan fingerprint density at radius 2 is 0.648 bits per heavy atom. The van der Waals surface area contributed by atoms with Gasteiger partial charge in [-0.05, 0) is 57.0 Å². The topological polar surface area (TPSA) is 211 Å². The molecule has 3 saturated heterocycles. The Kier molecular flexibility index (Phi) is 31.1. The zero-order valence-electron chi connectivity index (χ0n) is 61.1. The number of hydrogen-bond donors (Lipinski definition) is 2. The molecule has 0 aliphatic carbocycles. The lowest BCUT2D eigenvalue weighted by molar-refractivity contribution is -0.393. The summed E-state index contributed by atoms with van der Waals surface area (Å²) < 4.78 is 112. The first kappa shape index (κ1) is 79.1. The Labute approximate surface area is 633 Å². The summed E-state index contributed by atoms with van der Waals surface area (Å²) in [5, 5.41) is 13.2. The number of ether oxygens (including phenoxy) is 16. The number of rotatable bonds is 40. The summed E-state index contributed by atoms with van der Waals surface area (Å²) in [6.45, 7) is 4.03. The Balaban J connectivity index is 0.952. The van der Waals surface area contributed by atoms with E-state index in [2.05, 4.69) is 0 Å². The van der Waals surface area contributed by atoms with Gasteiger partial charge in [-0.2, -0.15) is 0 Å². The van der Waals surface area contributed by atoms with E-state index >= 15 is 0 Å². The highest BCUT2D eigenvalue weighted by molar-refractivity contribution is 5.66. The molecule has 0 aromatic heterocycles. The molecule has 3 aliphatic heterocycles. The zero-order chi connectivity index (χ0) is 74.3. The zero-order valence-corrected chi connectivity index (χ0v) is 61.1. The maximum Gasteiger partial charge on any atom is 0.303 e. The third kappa shape index (κ3) is 23.8. The maximum absolute atomic E-state index is 13.8. The predicted octanol–water partition coefficient (Wildman–Crippen LogP) is 13.3. The molecule has 3 heterocycles. The van der Waals surface area contributed by atoms with Crippen molar-refractivity contribution in [2.45, 2.75) is 178 Å². The highest BCUT2D eigenvalue weighted by Gasteiger charge is 2.57. The molecular formula is C89H99NO18. The van der Waals surface area contributed by atoms with Gasteiger partial charge in [0.1, 0.15) is 67.1 Å². The second kappa shape index (κ2) is 42.5. The summed E-state index contributed by atoms with van der Waals surface area (Å²) >= 11 is 0. The smallest absolute Gasteiger partial charge is 0.303 e. The van der Waals surface area contributed by atoms with Crippen LogP contribution in [0, 0.1) is 0 Å². The molecule has 9 unspecified atom stereocenters. The number of hydrogen-bond acceptors (Lipinski definition) is 19. The van der Waals surface area contributed by atoms with Gasteiger partial charge in [0.25, 0.3) is 0 Å². The Morgan fingerprint density at radius 1 is 0.361 bits per heavy atom. The Bertz CT molecular complexity index is 3980. The van der Waals surface area contributed by atoms with Crippen molar-refractivity contribution in [3.8, 4) is 0 Å². The van der Waals surface area contributed by atoms with Crippen LogP contribution in [0.3, 0.4) is 0 Å². The summed E-state index contributed by atoms with van der Waals surface area (Å²) in [4.78, 5) is 13.8. The minimum Gasteiger partial charge on any atom is -0.454 e. The van der Waals surface area contributed by atoms with E-state index in [4.69, 9.17) is 81.5 Å². The molecule has 568 valence electrons. The van der Waals surface area contributed by atoms with Crippen LogP contribution in [-0.2, 0) is 140 Å². The lowest BCUT2D eigenvalue weighted by Crippen LogP contribution is -2.68. The molecule has 0 amide bonds. The largest absolute Gasteiger partial charge is 0.454 e. The molecule has 19 heteroatoms. The highest BCUT2D eigenvalue weighted by atomic mass is 16.8. The van der Waals surface area contributed by atoms with Gasteiger partial charge in [0.15, 0.2) is 25.0 Å². The van der Waals surface area contributed by atoms with Crippen LogP contribution in [0.25, 0.3) is 0 Å². The van der Waals surface area contributed by atoms with Crippen molar-refractivity contribution in [2.24, 2.45) is 5.73 Å². The van der Waals surface area contributed by atoms with Crippen molar-refractivity contribution in [1.29, 1.82) is 0 Å². The number of carbonyl (C=O) groups excluding carboxylic acids is 1. The molecular weight excluding hydrogens is 1370 g/mol. The van der Waals surface area contributed by atoms with Crippen molar-refractivity contribution in [2.75, 3.05) is 26.4 Å². The average Bonchev–Trinajstić information content (AvgIpc) is 0.763. The van der Waals surface area contributed by atoms with Crippen LogP contribution in [0.4, 0.5) is 0 Å². The summed E-state index contributed by atoms with van der Waals surface area (Å²) in [6.07, 6.45) is -14.9. The first-order chi connectivity index (χ1) is 53.2. The molecule has 19 nitrogen and oxygen atoms in total. The number of nitrogens with two attached hydrogens (primary N) is 1. The molecule has 12 rings (SSSR count). The predicted molar refractivity (Wildman–Crippen MR) is 404 cm³/mol. The molecule has 108 heavy (non-hydrogen) atoms. The van der Waals surface area contributed by atoms with Crippen LogP contribution >= 0.6 is 0 Å². The molecule has 0 bridgehead atoms. The standard InChI is InChI=1S/C89H99NO18/c1-3-31-74(96-53-67-38-19-7-20-39-67)73(90)59-102-87-86(103-63(2)91)84(100-57-71-46-27-11-28-47-71)81(76(104-87)61-94-51-65-34-15-5-16-35-65)108-89-85(101-58-72-48-29-12-30-49-72)83(99-56-70-44-25-10-26-45-70)80(77(106-89)62-95-52-66-36-17-6-18-37-66)107-88-82(98-55-69-42-23-9-24-43-69)78(92)79(97-54-68-40-21-8-22-41-68)75(105-88)60-93-50-64-32-13-4-14-33-64/h3-49,73-89,92H,50-62,90H2,1-2H3/b31-3+/t73-,74+,75?,76?,77?,78?,79-,80-,81+,82?,83?,84?,85?,86?,87+,88+,89-/m0/s1. The fraction of sp³-hybridized carbons (Fsp3) is 0.360. The molecule has 0 radical (unpaired) electrons. The van der Waals surface area contributed by atoms with Gasteiger partial charge in [0, 0.05) is 6.92 Å². The van der Waals surface area contributed by atoms with Crippen molar-refractivity contribution >= 4 is 5.97 Å². The number of esters is 1. The SMILES string of the molecule is C/C=C/[C@@H](OCc1ccccc1)[C@@H](N)CO[C@@H]1OC(COCc2ccccc2)[C@@H](O[C@@H]2OC(COCc3ccccc3)[C@H](O[C@H]3OC(COCc4ccccc4)[C@H](OCc4ccccc4)C(O)C3OCc3ccccc3)C(OCc3ccccc3)C2OCc2ccccc2)C(OCc2ccccc2)C1OC(C)=O. The van der Waals surface area contributed by atoms with Gasteiger partial charge < -0.3 is 86.6 Å². The molecule has 0 spiro atoms. The lowest BCUT2D eigenvalue weighted by atomic mass is 9.95. The molecule has 3 N–H and O–H groups in total. The van der Waals surface area contributed by atoms with E-state index in [1.807, 2.05) is 292 Å². The Hall–Kier alpha value is -8.49. The van der Waals surface area contributed by atoms with Crippen LogP contribution in [-0.4, -0.2) is 142 Å². The summed E-state index contributed by atoms with van der Waals surface area (Å²) in [5.74, 6) is -0.645. The van der Waals surface area contributed by atoms with E-state index in [1.165, 1.54) is 6.92 Å². The quantitative estimate of drug-likeness (QED) is 0.0270. The van der Waals surface area contributed by atoms with Gasteiger partial charge in [-0.3, -0.25) is 4.79 Å². The fourth-order valence-electron chi connectivity index (χ4n) is 13.3. The first-order valence-corrected chi connectivity index (χ1v) is 37.1. The summed E-state index contributed by atoms with van der Waals surface area (Å²) in [5.41, 5.74) is 14.9. The van der Waals surface area contributed by atoms with Crippen LogP contribution in [0.15, 0.2) is 285 Å². The molecule has 17 atom stereocenters. The molecule has 3 fully saturated rings. The van der Waals surface area contributed by atoms with Gasteiger partial charge in [-0.1, -0.05) is 285 Å². The summed E-state index contributed by atoms with van der Waals surface area (Å²) in [6, 6.07) is 87.0. The summed E-state index contributed by atoms with van der Waals surface area (Å²) in [7, 11) is 0. The lowest BCUT2D eigenvalue weighted by Gasteiger charge is -2.51. The second-order valence-corrected chi connectivity index (χ2v) is 27.0.